The Morgan fingerprint density at radius 3 is 2.72 bits per heavy atom. The maximum atomic E-state index is 6.16. The van der Waals surface area contributed by atoms with Gasteiger partial charge in [0.2, 0.25) is 0 Å². The molecule has 1 aliphatic heterocycles. The molecule has 1 aromatic rings. The van der Waals surface area contributed by atoms with Crippen LogP contribution < -0.4 is 5.32 Å². The van der Waals surface area contributed by atoms with Gasteiger partial charge in [-0.15, -0.1) is 11.3 Å². The molecule has 2 rings (SSSR count). The number of nitrogens with one attached hydrogen (secondary N) is 1. The van der Waals surface area contributed by atoms with Crippen LogP contribution in [0.2, 0.25) is 0 Å². The highest BCUT2D eigenvalue weighted by Gasteiger charge is 2.42. The van der Waals surface area contributed by atoms with E-state index in [9.17, 15) is 0 Å². The van der Waals surface area contributed by atoms with Crippen LogP contribution in [0.25, 0.3) is 0 Å². The molecular weight excluding hydrogens is 246 g/mol. The minimum absolute atomic E-state index is 0.117. The summed E-state index contributed by atoms with van der Waals surface area (Å²) in [5.41, 5.74) is 1.26. The van der Waals surface area contributed by atoms with E-state index in [0.29, 0.717) is 0 Å². The van der Waals surface area contributed by atoms with Crippen LogP contribution >= 0.6 is 11.3 Å². The molecule has 1 atom stereocenters. The Labute approximate surface area is 113 Å². The van der Waals surface area contributed by atoms with Gasteiger partial charge in [0.1, 0.15) is 0 Å². The van der Waals surface area contributed by atoms with Crippen LogP contribution in [0, 0.1) is 6.92 Å². The molecule has 0 amide bonds. The first-order valence-corrected chi connectivity index (χ1v) is 7.54. The van der Waals surface area contributed by atoms with E-state index in [-0.39, 0.29) is 11.6 Å². The highest BCUT2D eigenvalue weighted by molar-refractivity contribution is 7.10. The molecule has 1 aromatic heterocycles. The molecular formula is C14H23NO2S. The molecule has 1 fully saturated rings. The first-order valence-electron chi connectivity index (χ1n) is 6.66. The molecule has 102 valence electrons. The monoisotopic (exact) mass is 269 g/mol. The van der Waals surface area contributed by atoms with Crippen molar-refractivity contribution in [1.82, 2.24) is 5.32 Å². The van der Waals surface area contributed by atoms with Gasteiger partial charge < -0.3 is 14.8 Å². The number of likely N-dealkylation sites (N-methyl/N-ethyl adjacent to an activating group) is 1. The Morgan fingerprint density at radius 1 is 1.50 bits per heavy atom. The van der Waals surface area contributed by atoms with Crippen LogP contribution in [-0.2, 0) is 9.47 Å². The average molecular weight is 269 g/mol. The normalized spacial score (nSPS) is 20.8. The van der Waals surface area contributed by atoms with Crippen molar-refractivity contribution in [2.45, 2.75) is 38.3 Å². The van der Waals surface area contributed by atoms with Gasteiger partial charge >= 0.3 is 0 Å². The van der Waals surface area contributed by atoms with Gasteiger partial charge in [0, 0.05) is 37.5 Å². The van der Waals surface area contributed by atoms with E-state index in [1.807, 2.05) is 7.05 Å². The van der Waals surface area contributed by atoms with Gasteiger partial charge in [0.15, 0.2) is 0 Å². The van der Waals surface area contributed by atoms with Crippen LogP contribution in [0.5, 0.6) is 0 Å². The van der Waals surface area contributed by atoms with Gasteiger partial charge in [-0.2, -0.15) is 0 Å². The summed E-state index contributed by atoms with van der Waals surface area (Å²) in [6.45, 7) is 6.60. The van der Waals surface area contributed by atoms with E-state index >= 15 is 0 Å². The van der Waals surface area contributed by atoms with Crippen molar-refractivity contribution < 1.29 is 9.47 Å². The van der Waals surface area contributed by atoms with Crippen LogP contribution in [0.15, 0.2) is 11.4 Å². The molecule has 4 heteroatoms. The van der Waals surface area contributed by atoms with Crippen molar-refractivity contribution in [3.8, 4) is 0 Å². The Bertz CT molecular complexity index is 366. The van der Waals surface area contributed by atoms with E-state index < -0.39 is 0 Å². The molecule has 18 heavy (non-hydrogen) atoms. The number of aryl methyl sites for hydroxylation is 1. The van der Waals surface area contributed by atoms with Crippen molar-refractivity contribution >= 4 is 11.3 Å². The predicted octanol–water partition coefficient (Wildman–Crippen LogP) is 2.90. The summed E-state index contributed by atoms with van der Waals surface area (Å²) in [6, 6.07) is 2.48. The Hall–Kier alpha value is -0.420. The summed E-state index contributed by atoms with van der Waals surface area (Å²) in [5.74, 6) is 0. The van der Waals surface area contributed by atoms with Crippen molar-refractivity contribution in [2.75, 3.05) is 26.9 Å². The number of ether oxygens (including phenoxy) is 2. The van der Waals surface area contributed by atoms with Crippen molar-refractivity contribution in [2.24, 2.45) is 0 Å². The minimum Gasteiger partial charge on any atom is -0.381 e. The third kappa shape index (κ3) is 2.62. The molecule has 1 unspecified atom stereocenters. The first kappa shape index (κ1) is 14.0. The van der Waals surface area contributed by atoms with E-state index in [1.165, 1.54) is 10.4 Å². The highest BCUT2D eigenvalue weighted by atomic mass is 32.1. The molecule has 0 aliphatic carbocycles. The fourth-order valence-corrected chi connectivity index (χ4v) is 3.66. The summed E-state index contributed by atoms with van der Waals surface area (Å²) in [7, 11) is 2.03. The van der Waals surface area contributed by atoms with Crippen LogP contribution in [0.4, 0.5) is 0 Å². The average Bonchev–Trinajstić information content (AvgIpc) is 2.78. The van der Waals surface area contributed by atoms with E-state index in [2.05, 4.69) is 30.6 Å². The highest BCUT2D eigenvalue weighted by Crippen LogP contribution is 2.39. The van der Waals surface area contributed by atoms with Crippen molar-refractivity contribution in [1.29, 1.82) is 0 Å². The zero-order valence-electron chi connectivity index (χ0n) is 11.5. The Morgan fingerprint density at radius 2 is 2.22 bits per heavy atom. The zero-order chi connectivity index (χ0) is 13.0. The topological polar surface area (TPSA) is 30.5 Å². The third-order valence-corrected chi connectivity index (χ3v) is 4.66. The summed E-state index contributed by atoms with van der Waals surface area (Å²) in [6.07, 6.45) is 1.92. The van der Waals surface area contributed by atoms with Gasteiger partial charge in [0.25, 0.3) is 0 Å². The number of hydrogen-bond donors (Lipinski definition) is 1. The molecule has 1 aliphatic rings. The number of rotatable bonds is 5. The summed E-state index contributed by atoms with van der Waals surface area (Å²) >= 11 is 1.80. The standard InChI is InChI=1S/C14H23NO2S/c1-4-17-14(6-8-16-9-7-14)13(15-3)12-5-10-18-11(12)2/h5,10,13,15H,4,6-9H2,1-3H3. The largest absolute Gasteiger partial charge is 0.381 e. The van der Waals surface area contributed by atoms with E-state index in [4.69, 9.17) is 9.47 Å². The van der Waals surface area contributed by atoms with Crippen molar-refractivity contribution in [3.63, 3.8) is 0 Å². The fourth-order valence-electron chi connectivity index (χ4n) is 2.92. The molecule has 3 nitrogen and oxygen atoms in total. The molecule has 0 aromatic carbocycles. The Balaban J connectivity index is 2.29. The second-order valence-corrected chi connectivity index (χ2v) is 5.88. The summed E-state index contributed by atoms with van der Waals surface area (Å²) in [5, 5.41) is 5.63. The molecule has 1 saturated heterocycles. The van der Waals surface area contributed by atoms with Crippen molar-refractivity contribution in [3.05, 3.63) is 21.9 Å². The molecule has 0 bridgehead atoms. The SMILES string of the molecule is CCOC1(C(NC)c2ccsc2C)CCOCC1. The van der Waals surface area contributed by atoms with Gasteiger partial charge in [-0.3, -0.25) is 0 Å². The predicted molar refractivity (Wildman–Crippen MR) is 75.3 cm³/mol. The van der Waals surface area contributed by atoms with Gasteiger partial charge in [-0.25, -0.2) is 0 Å². The first-order chi connectivity index (χ1) is 8.73. The molecule has 0 radical (unpaired) electrons. The van der Waals surface area contributed by atoms with Gasteiger partial charge in [-0.05, 0) is 37.9 Å². The van der Waals surface area contributed by atoms with Gasteiger partial charge in [0.05, 0.1) is 11.6 Å². The molecule has 2 heterocycles. The lowest BCUT2D eigenvalue weighted by atomic mass is 9.82. The Kier molecular flexibility index (Phi) is 4.78. The van der Waals surface area contributed by atoms with Crippen LogP contribution in [0.1, 0.15) is 36.2 Å². The van der Waals surface area contributed by atoms with Gasteiger partial charge in [-0.1, -0.05) is 0 Å². The van der Waals surface area contributed by atoms with E-state index in [0.717, 1.165) is 32.7 Å². The second-order valence-electron chi connectivity index (χ2n) is 4.76. The summed E-state index contributed by atoms with van der Waals surface area (Å²) in [4.78, 5) is 1.37. The van der Waals surface area contributed by atoms with Crippen LogP contribution in [-0.4, -0.2) is 32.5 Å². The maximum absolute atomic E-state index is 6.16. The molecule has 1 N–H and O–H groups in total. The smallest absolute Gasteiger partial charge is 0.0920 e. The third-order valence-electron chi connectivity index (χ3n) is 3.80. The maximum Gasteiger partial charge on any atom is 0.0920 e. The lowest BCUT2D eigenvalue weighted by Gasteiger charge is -2.43. The minimum atomic E-state index is -0.117. The van der Waals surface area contributed by atoms with E-state index in [1.54, 1.807) is 11.3 Å². The molecule has 0 saturated carbocycles. The fraction of sp³-hybridized carbons (Fsp3) is 0.714. The second kappa shape index (κ2) is 6.15. The quantitative estimate of drug-likeness (QED) is 0.891. The zero-order valence-corrected chi connectivity index (χ0v) is 12.3. The molecule has 0 spiro atoms. The summed E-state index contributed by atoms with van der Waals surface area (Å²) < 4.78 is 11.7. The number of hydrogen-bond acceptors (Lipinski definition) is 4. The lowest BCUT2D eigenvalue weighted by molar-refractivity contribution is -0.127. The lowest BCUT2D eigenvalue weighted by Crippen LogP contribution is -2.49. The number of thiophene rings is 1. The van der Waals surface area contributed by atoms with Crippen LogP contribution in [0.3, 0.4) is 0 Å².